The first-order valence-electron chi connectivity index (χ1n) is 8.45. The van der Waals surface area contributed by atoms with Gasteiger partial charge in [0, 0.05) is 38.4 Å². The average Bonchev–Trinajstić information content (AvgIpc) is 2.84. The first-order valence-corrected chi connectivity index (χ1v) is 8.45. The molecule has 0 aliphatic carbocycles. The van der Waals surface area contributed by atoms with Gasteiger partial charge in [-0.3, -0.25) is 14.6 Å². The summed E-state index contributed by atoms with van der Waals surface area (Å²) >= 11 is 0. The zero-order valence-corrected chi connectivity index (χ0v) is 15.1. The monoisotopic (exact) mass is 355 g/mol. The second-order valence-corrected chi connectivity index (χ2v) is 6.35. The van der Waals surface area contributed by atoms with Gasteiger partial charge in [-0.05, 0) is 37.1 Å². The minimum atomic E-state index is -0.414. The SMILES string of the molecule is COC(=O)c1cc2c(nc1C)CCN(C(=O)c1cccn(C)c1=O)CC2. The Labute approximate surface area is 151 Å². The van der Waals surface area contributed by atoms with E-state index in [2.05, 4.69) is 4.98 Å². The summed E-state index contributed by atoms with van der Waals surface area (Å²) in [6.07, 6.45) is 2.78. The number of aromatic nitrogens is 2. The molecule has 136 valence electrons. The zero-order valence-electron chi connectivity index (χ0n) is 15.1. The highest BCUT2D eigenvalue weighted by atomic mass is 16.5. The van der Waals surface area contributed by atoms with Crippen LogP contribution in [-0.2, 0) is 24.6 Å². The predicted octanol–water partition coefficient (Wildman–Crippen LogP) is 1.12. The third-order valence-electron chi connectivity index (χ3n) is 4.70. The average molecular weight is 355 g/mol. The predicted molar refractivity (Wildman–Crippen MR) is 95.3 cm³/mol. The molecule has 0 saturated carbocycles. The van der Waals surface area contributed by atoms with Crippen LogP contribution in [0.1, 0.15) is 37.7 Å². The van der Waals surface area contributed by atoms with Crippen LogP contribution in [0, 0.1) is 6.92 Å². The highest BCUT2D eigenvalue weighted by molar-refractivity contribution is 5.94. The van der Waals surface area contributed by atoms with E-state index in [1.54, 1.807) is 43.3 Å². The summed E-state index contributed by atoms with van der Waals surface area (Å²) in [7, 11) is 2.96. The van der Waals surface area contributed by atoms with Gasteiger partial charge in [0.05, 0.1) is 18.4 Å². The van der Waals surface area contributed by atoms with Crippen molar-refractivity contribution < 1.29 is 14.3 Å². The summed E-state index contributed by atoms with van der Waals surface area (Å²) in [5.74, 6) is -0.688. The number of carbonyl (C=O) groups excluding carboxylic acids is 2. The molecule has 0 radical (unpaired) electrons. The van der Waals surface area contributed by atoms with Crippen LogP contribution in [0.4, 0.5) is 0 Å². The van der Waals surface area contributed by atoms with Gasteiger partial charge in [0.1, 0.15) is 5.56 Å². The topological polar surface area (TPSA) is 81.5 Å². The fraction of sp³-hybridized carbons (Fsp3) is 0.368. The molecule has 0 fully saturated rings. The van der Waals surface area contributed by atoms with Crippen LogP contribution in [0.5, 0.6) is 0 Å². The van der Waals surface area contributed by atoms with Crippen LogP contribution in [0.3, 0.4) is 0 Å². The number of carbonyl (C=O) groups is 2. The fourth-order valence-electron chi connectivity index (χ4n) is 3.19. The third kappa shape index (κ3) is 3.24. The minimum Gasteiger partial charge on any atom is -0.465 e. The Balaban J connectivity index is 1.86. The Morgan fingerprint density at radius 2 is 1.92 bits per heavy atom. The maximum atomic E-state index is 12.8. The maximum Gasteiger partial charge on any atom is 0.339 e. The number of hydrogen-bond acceptors (Lipinski definition) is 5. The lowest BCUT2D eigenvalue weighted by Crippen LogP contribution is -2.37. The molecule has 0 spiro atoms. The summed E-state index contributed by atoms with van der Waals surface area (Å²) in [4.78, 5) is 43.1. The van der Waals surface area contributed by atoms with Crippen LogP contribution in [-0.4, -0.2) is 46.5 Å². The van der Waals surface area contributed by atoms with E-state index in [0.29, 0.717) is 37.2 Å². The fourth-order valence-corrected chi connectivity index (χ4v) is 3.19. The number of aryl methyl sites for hydroxylation is 2. The molecule has 26 heavy (non-hydrogen) atoms. The van der Waals surface area contributed by atoms with E-state index in [4.69, 9.17) is 4.74 Å². The quantitative estimate of drug-likeness (QED) is 0.754. The molecule has 7 nitrogen and oxygen atoms in total. The molecule has 0 unspecified atom stereocenters. The molecule has 0 bridgehead atoms. The van der Waals surface area contributed by atoms with Gasteiger partial charge in [0.25, 0.3) is 11.5 Å². The normalized spacial score (nSPS) is 13.7. The van der Waals surface area contributed by atoms with Crippen molar-refractivity contribution in [1.29, 1.82) is 0 Å². The maximum absolute atomic E-state index is 12.8. The number of fused-ring (bicyclic) bond motifs is 1. The summed E-state index contributed by atoms with van der Waals surface area (Å²) in [5, 5.41) is 0. The molecule has 2 aromatic rings. The van der Waals surface area contributed by atoms with Gasteiger partial charge >= 0.3 is 5.97 Å². The van der Waals surface area contributed by atoms with Crippen molar-refractivity contribution in [2.45, 2.75) is 19.8 Å². The minimum absolute atomic E-state index is 0.167. The molecule has 3 heterocycles. The van der Waals surface area contributed by atoms with Gasteiger partial charge in [0.15, 0.2) is 0 Å². The number of ether oxygens (including phenoxy) is 1. The number of nitrogens with zero attached hydrogens (tertiary/aromatic N) is 3. The molecule has 1 amide bonds. The Morgan fingerprint density at radius 3 is 2.65 bits per heavy atom. The molecule has 0 atom stereocenters. The Kier molecular flexibility index (Phi) is 4.88. The van der Waals surface area contributed by atoms with E-state index in [9.17, 15) is 14.4 Å². The number of pyridine rings is 2. The lowest BCUT2D eigenvalue weighted by atomic mass is 10.0. The van der Waals surface area contributed by atoms with Crippen molar-refractivity contribution >= 4 is 11.9 Å². The summed E-state index contributed by atoms with van der Waals surface area (Å²) in [6, 6.07) is 5.05. The van der Waals surface area contributed by atoms with Gasteiger partial charge in [-0.2, -0.15) is 0 Å². The van der Waals surface area contributed by atoms with Crippen LogP contribution in [0.15, 0.2) is 29.2 Å². The summed E-state index contributed by atoms with van der Waals surface area (Å²) in [5.41, 5.74) is 2.75. The molecule has 0 N–H and O–H groups in total. The van der Waals surface area contributed by atoms with Crippen molar-refractivity contribution in [3.63, 3.8) is 0 Å². The van der Waals surface area contributed by atoms with Crippen molar-refractivity contribution in [3.8, 4) is 0 Å². The number of rotatable bonds is 2. The van der Waals surface area contributed by atoms with E-state index in [1.165, 1.54) is 11.7 Å². The van der Waals surface area contributed by atoms with Crippen molar-refractivity contribution in [3.05, 3.63) is 62.8 Å². The molecule has 1 aliphatic rings. The van der Waals surface area contributed by atoms with Crippen molar-refractivity contribution in [2.24, 2.45) is 7.05 Å². The number of hydrogen-bond donors (Lipinski definition) is 0. The smallest absolute Gasteiger partial charge is 0.339 e. The molecule has 7 heteroatoms. The second kappa shape index (κ2) is 7.11. The standard InChI is InChI=1S/C19H21N3O4/c1-12-15(19(25)26-3)11-13-6-9-22(10-7-16(13)20-12)18(24)14-5-4-8-21(2)17(14)23/h4-5,8,11H,6-7,9-10H2,1-3H3. The van der Waals surface area contributed by atoms with E-state index in [0.717, 1.165) is 11.3 Å². The summed E-state index contributed by atoms with van der Waals surface area (Å²) in [6.45, 7) is 2.72. The molecule has 0 aromatic carbocycles. The first-order chi connectivity index (χ1) is 12.4. The Morgan fingerprint density at radius 1 is 1.19 bits per heavy atom. The van der Waals surface area contributed by atoms with Crippen LogP contribution in [0.25, 0.3) is 0 Å². The van der Waals surface area contributed by atoms with Crippen molar-refractivity contribution in [1.82, 2.24) is 14.5 Å². The first kappa shape index (κ1) is 17.8. The van der Waals surface area contributed by atoms with E-state index in [1.807, 2.05) is 0 Å². The second-order valence-electron chi connectivity index (χ2n) is 6.35. The van der Waals surface area contributed by atoms with Crippen LogP contribution < -0.4 is 5.56 Å². The molecule has 2 aromatic heterocycles. The van der Waals surface area contributed by atoms with E-state index < -0.39 is 5.97 Å². The molecule has 1 aliphatic heterocycles. The van der Waals surface area contributed by atoms with Crippen molar-refractivity contribution in [2.75, 3.05) is 20.2 Å². The highest BCUT2D eigenvalue weighted by Gasteiger charge is 2.24. The van der Waals surface area contributed by atoms with Gasteiger partial charge in [-0.15, -0.1) is 0 Å². The van der Waals surface area contributed by atoms with Crippen LogP contribution >= 0.6 is 0 Å². The van der Waals surface area contributed by atoms with Crippen LogP contribution in [0.2, 0.25) is 0 Å². The summed E-state index contributed by atoms with van der Waals surface area (Å²) < 4.78 is 6.20. The molecule has 0 saturated heterocycles. The molecular weight excluding hydrogens is 334 g/mol. The largest absolute Gasteiger partial charge is 0.465 e. The zero-order chi connectivity index (χ0) is 18.8. The Hall–Kier alpha value is -2.96. The number of amides is 1. The third-order valence-corrected chi connectivity index (χ3v) is 4.70. The van der Waals surface area contributed by atoms with Gasteiger partial charge < -0.3 is 14.2 Å². The lowest BCUT2D eigenvalue weighted by molar-refractivity contribution is 0.0598. The van der Waals surface area contributed by atoms with Gasteiger partial charge in [-0.25, -0.2) is 4.79 Å². The van der Waals surface area contributed by atoms with E-state index in [-0.39, 0.29) is 17.0 Å². The van der Waals surface area contributed by atoms with E-state index >= 15 is 0 Å². The Bertz CT molecular complexity index is 933. The highest BCUT2D eigenvalue weighted by Crippen LogP contribution is 2.19. The number of esters is 1. The molecular formula is C19H21N3O4. The molecule has 3 rings (SSSR count). The number of methoxy groups -OCH3 is 1. The lowest BCUT2D eigenvalue weighted by Gasteiger charge is -2.20. The van der Waals surface area contributed by atoms with Gasteiger partial charge in [0.2, 0.25) is 0 Å². The van der Waals surface area contributed by atoms with Gasteiger partial charge in [-0.1, -0.05) is 0 Å².